The highest BCUT2D eigenvalue weighted by Gasteiger charge is 2.35. The van der Waals surface area contributed by atoms with E-state index in [9.17, 15) is 9.59 Å². The van der Waals surface area contributed by atoms with E-state index < -0.39 is 12.0 Å². The lowest BCUT2D eigenvalue weighted by Gasteiger charge is -2.26. The summed E-state index contributed by atoms with van der Waals surface area (Å²) in [5.41, 5.74) is 6.09. The quantitative estimate of drug-likeness (QED) is 0.159. The summed E-state index contributed by atoms with van der Waals surface area (Å²) in [5, 5.41) is 2.18. The first kappa shape index (κ1) is 33.3. The van der Waals surface area contributed by atoms with Crippen molar-refractivity contribution in [2.75, 3.05) is 7.11 Å². The van der Waals surface area contributed by atoms with Gasteiger partial charge in [0.25, 0.3) is 5.56 Å². The van der Waals surface area contributed by atoms with Crippen molar-refractivity contribution >= 4 is 73.4 Å². The van der Waals surface area contributed by atoms with Gasteiger partial charge in [-0.2, -0.15) is 0 Å². The van der Waals surface area contributed by atoms with Crippen LogP contribution in [0.25, 0.3) is 17.0 Å². The molecule has 0 fully saturated rings. The number of methoxy groups -OCH3 is 1. The molecule has 3 heterocycles. The molecule has 1 aliphatic rings. The second kappa shape index (κ2) is 13.1. The van der Waals surface area contributed by atoms with Gasteiger partial charge in [-0.15, -0.1) is 0 Å². The topological polar surface area (TPSA) is 74.8 Å². The van der Waals surface area contributed by atoms with E-state index in [1.807, 2.05) is 64.1 Å². The molecule has 0 saturated carbocycles. The van der Waals surface area contributed by atoms with E-state index in [1.165, 1.54) is 18.4 Å². The minimum absolute atomic E-state index is 0.135. The number of rotatable bonds is 7. The van der Waals surface area contributed by atoms with Gasteiger partial charge in [0, 0.05) is 48.8 Å². The number of fused-ring (bicyclic) bond motifs is 2. The van der Waals surface area contributed by atoms with Gasteiger partial charge in [0.2, 0.25) is 0 Å². The normalized spacial score (nSPS) is 14.9. The van der Waals surface area contributed by atoms with Crippen LogP contribution in [0, 0.1) is 13.8 Å². The molecular formula is C36H32BrCl2N3O4S. The van der Waals surface area contributed by atoms with Crippen LogP contribution in [0.3, 0.4) is 0 Å². The Balaban J connectivity index is 1.59. The maximum Gasteiger partial charge on any atom is 0.338 e. The van der Waals surface area contributed by atoms with Gasteiger partial charge in [-0.25, -0.2) is 9.79 Å². The molecule has 6 rings (SSSR count). The smallest absolute Gasteiger partial charge is 0.338 e. The molecule has 11 heteroatoms. The van der Waals surface area contributed by atoms with Crippen LogP contribution in [0.4, 0.5) is 0 Å². The molecular weight excluding hydrogens is 721 g/mol. The van der Waals surface area contributed by atoms with Gasteiger partial charge < -0.3 is 14.0 Å². The maximum absolute atomic E-state index is 14.5. The summed E-state index contributed by atoms with van der Waals surface area (Å²) < 4.78 is 16.4. The number of halogens is 3. The Morgan fingerprint density at radius 2 is 1.85 bits per heavy atom. The van der Waals surface area contributed by atoms with Crippen molar-refractivity contribution in [3.63, 3.8) is 0 Å². The van der Waals surface area contributed by atoms with E-state index in [4.69, 9.17) is 37.7 Å². The molecule has 0 radical (unpaired) electrons. The van der Waals surface area contributed by atoms with Crippen LogP contribution < -0.4 is 19.6 Å². The molecule has 5 aromatic rings. The fourth-order valence-corrected chi connectivity index (χ4v) is 7.92. The number of aromatic nitrogens is 2. The van der Waals surface area contributed by atoms with Gasteiger partial charge in [-0.05, 0) is 88.7 Å². The van der Waals surface area contributed by atoms with Crippen LogP contribution in [0.1, 0.15) is 54.8 Å². The molecule has 0 amide bonds. The zero-order valence-electron chi connectivity index (χ0n) is 26.7. The van der Waals surface area contributed by atoms with Crippen molar-refractivity contribution in [1.29, 1.82) is 0 Å². The minimum Gasteiger partial charge on any atom is -0.491 e. The first-order chi connectivity index (χ1) is 22.4. The average molecular weight is 754 g/mol. The van der Waals surface area contributed by atoms with Crippen LogP contribution >= 0.6 is 50.5 Å². The number of thiazole rings is 1. The Bertz CT molecular complexity index is 2300. The van der Waals surface area contributed by atoms with Crippen molar-refractivity contribution in [2.45, 2.75) is 53.3 Å². The lowest BCUT2D eigenvalue weighted by Crippen LogP contribution is -2.40. The van der Waals surface area contributed by atoms with Crippen LogP contribution in [0.5, 0.6) is 5.75 Å². The van der Waals surface area contributed by atoms with Gasteiger partial charge in [0.15, 0.2) is 4.80 Å². The lowest BCUT2D eigenvalue weighted by atomic mass is 9.95. The molecule has 0 bridgehead atoms. The van der Waals surface area contributed by atoms with Crippen LogP contribution in [-0.4, -0.2) is 28.3 Å². The van der Waals surface area contributed by atoms with Gasteiger partial charge in [-0.3, -0.25) is 9.36 Å². The van der Waals surface area contributed by atoms with Crippen molar-refractivity contribution in [3.8, 4) is 5.75 Å². The SMILES string of the molecule is COC(=O)C1=C(C)N=c2s/c(=C\c3c(C)n(Cc4ccc(Cl)cc4Cl)c4ccc(C)cc34)c(=O)n2[C@@H]1c1cc(Br)ccc1OC(C)C. The minimum atomic E-state index is -0.816. The molecule has 0 N–H and O–H groups in total. The maximum atomic E-state index is 14.5. The Kier molecular flexibility index (Phi) is 9.28. The van der Waals surface area contributed by atoms with Crippen LogP contribution in [-0.2, 0) is 16.1 Å². The molecule has 3 aromatic carbocycles. The molecule has 242 valence electrons. The predicted molar refractivity (Wildman–Crippen MR) is 193 cm³/mol. The highest BCUT2D eigenvalue weighted by Crippen LogP contribution is 2.38. The van der Waals surface area contributed by atoms with Crippen molar-refractivity contribution in [3.05, 3.63) is 128 Å². The molecule has 0 saturated heterocycles. The van der Waals surface area contributed by atoms with E-state index in [0.29, 0.717) is 42.9 Å². The zero-order chi connectivity index (χ0) is 33.7. The fourth-order valence-electron chi connectivity index (χ4n) is 6.04. The average Bonchev–Trinajstić information content (AvgIpc) is 3.45. The molecule has 0 spiro atoms. The summed E-state index contributed by atoms with van der Waals surface area (Å²) >= 11 is 17.6. The largest absolute Gasteiger partial charge is 0.491 e. The summed E-state index contributed by atoms with van der Waals surface area (Å²) in [6, 6.07) is 16.6. The first-order valence-electron chi connectivity index (χ1n) is 15.0. The van der Waals surface area contributed by atoms with E-state index in [1.54, 1.807) is 17.6 Å². The second-order valence-corrected chi connectivity index (χ2v) is 14.5. The number of allylic oxidation sites excluding steroid dienone is 1. The summed E-state index contributed by atoms with van der Waals surface area (Å²) in [5.74, 6) is 0.00499. The number of nitrogens with zero attached hydrogens (tertiary/aromatic N) is 3. The molecule has 7 nitrogen and oxygen atoms in total. The van der Waals surface area contributed by atoms with E-state index in [-0.39, 0.29) is 17.2 Å². The van der Waals surface area contributed by atoms with Gasteiger partial charge in [0.1, 0.15) is 11.8 Å². The Hall–Kier alpha value is -3.63. The van der Waals surface area contributed by atoms with E-state index in [2.05, 4.69) is 38.7 Å². The highest BCUT2D eigenvalue weighted by atomic mass is 79.9. The number of esters is 1. The molecule has 47 heavy (non-hydrogen) atoms. The molecule has 2 aromatic heterocycles. The Labute approximate surface area is 294 Å². The number of hydrogen-bond acceptors (Lipinski definition) is 6. The number of carbonyl (C=O) groups is 1. The van der Waals surface area contributed by atoms with Crippen molar-refractivity contribution in [1.82, 2.24) is 9.13 Å². The summed E-state index contributed by atoms with van der Waals surface area (Å²) in [6.07, 6.45) is 1.80. The fraction of sp³-hybridized carbons (Fsp3) is 0.250. The van der Waals surface area contributed by atoms with Crippen LogP contribution in [0.2, 0.25) is 10.0 Å². The monoisotopic (exact) mass is 751 g/mol. The summed E-state index contributed by atoms with van der Waals surface area (Å²) in [7, 11) is 1.33. The standard InChI is InChI=1S/C36H32BrCl2N3O4S/c1-18(2)46-30-12-9-23(37)14-27(30)33-32(35(44)45-6)20(4)40-36-42(33)34(43)31(47-36)16-25-21(5)41(29-11-7-19(3)13-26(25)29)17-22-8-10-24(38)15-28(22)39/h7-16,18,33H,17H2,1-6H3/b31-16-/t33-/m1/s1. The van der Waals surface area contributed by atoms with E-state index >= 15 is 0 Å². The Morgan fingerprint density at radius 1 is 1.09 bits per heavy atom. The third-order valence-electron chi connectivity index (χ3n) is 8.20. The number of aryl methyl sites for hydroxylation is 1. The summed E-state index contributed by atoms with van der Waals surface area (Å²) in [4.78, 5) is 33.0. The molecule has 0 aliphatic carbocycles. The predicted octanol–water partition coefficient (Wildman–Crippen LogP) is 7.88. The second-order valence-electron chi connectivity index (χ2n) is 11.8. The van der Waals surface area contributed by atoms with Gasteiger partial charge in [-0.1, -0.05) is 68.2 Å². The third-order valence-corrected chi connectivity index (χ3v) is 10.3. The van der Waals surface area contributed by atoms with Crippen LogP contribution in [0.15, 0.2) is 80.1 Å². The van der Waals surface area contributed by atoms with Crippen molar-refractivity contribution in [2.24, 2.45) is 4.99 Å². The molecule has 1 aliphatic heterocycles. The molecule has 1 atom stereocenters. The number of hydrogen-bond donors (Lipinski definition) is 0. The zero-order valence-corrected chi connectivity index (χ0v) is 30.6. The number of benzene rings is 3. The summed E-state index contributed by atoms with van der Waals surface area (Å²) in [6.45, 7) is 10.2. The third kappa shape index (κ3) is 6.22. The Morgan fingerprint density at radius 3 is 2.55 bits per heavy atom. The highest BCUT2D eigenvalue weighted by molar-refractivity contribution is 9.10. The van der Waals surface area contributed by atoms with E-state index in [0.717, 1.165) is 37.8 Å². The number of ether oxygens (including phenoxy) is 2. The lowest BCUT2D eigenvalue weighted by molar-refractivity contribution is -0.136. The molecule has 0 unspecified atom stereocenters. The number of carbonyl (C=O) groups excluding carboxylic acids is 1. The van der Waals surface area contributed by atoms with Gasteiger partial charge >= 0.3 is 5.97 Å². The first-order valence-corrected chi connectivity index (χ1v) is 17.3. The van der Waals surface area contributed by atoms with Crippen molar-refractivity contribution < 1.29 is 14.3 Å². The van der Waals surface area contributed by atoms with Gasteiger partial charge in [0.05, 0.1) is 29.0 Å².